The Labute approximate surface area is 54.3 Å². The van der Waals surface area contributed by atoms with Crippen LogP contribution in [0.3, 0.4) is 0 Å². The van der Waals surface area contributed by atoms with Crippen LogP contribution in [0.5, 0.6) is 0 Å². The molecule has 0 spiro atoms. The molecule has 50 valence electrons. The van der Waals surface area contributed by atoms with Gasteiger partial charge in [-0.2, -0.15) is 0 Å². The van der Waals surface area contributed by atoms with Crippen LogP contribution >= 0.6 is 0 Å². The van der Waals surface area contributed by atoms with Gasteiger partial charge in [0.15, 0.2) is 0 Å². The van der Waals surface area contributed by atoms with E-state index in [1.807, 2.05) is 6.92 Å². The fraction of sp³-hybridized carbons (Fsp3) is 0.500. The minimum Gasteiger partial charge on any atom is -0.372 e. The van der Waals surface area contributed by atoms with E-state index in [2.05, 4.69) is 5.32 Å². The van der Waals surface area contributed by atoms with Crippen LogP contribution < -0.4 is 5.32 Å². The van der Waals surface area contributed by atoms with Crippen LogP contribution in [0, 0.1) is 0 Å². The largest absolute Gasteiger partial charge is 0.372 e. The minimum atomic E-state index is 0.163. The third-order valence-electron chi connectivity index (χ3n) is 1.26. The quantitative estimate of drug-likeness (QED) is 0.546. The Bertz CT molecular complexity index is 142. The van der Waals surface area contributed by atoms with E-state index in [0.29, 0.717) is 13.1 Å². The van der Waals surface area contributed by atoms with Crippen molar-refractivity contribution < 1.29 is 4.79 Å². The van der Waals surface area contributed by atoms with Crippen molar-refractivity contribution in [2.45, 2.75) is 13.3 Å². The maximum Gasteiger partial charge on any atom is 0.227 e. The maximum atomic E-state index is 10.8. The molecule has 0 aliphatic carbocycles. The smallest absolute Gasteiger partial charge is 0.227 e. The van der Waals surface area contributed by atoms with Crippen LogP contribution in [0.25, 0.3) is 0 Å². The predicted molar refractivity (Wildman–Crippen MR) is 34.3 cm³/mol. The molecule has 0 fully saturated rings. The van der Waals surface area contributed by atoms with E-state index in [-0.39, 0.29) is 5.91 Å². The number of carbonyl (C=O) groups is 1. The standard InChI is InChI=1S/C6H10N2O/c1-2-6(9)8-4-3-7-5-8/h3-4,7H,2,5H2,1H3. The molecule has 0 saturated carbocycles. The van der Waals surface area contributed by atoms with Gasteiger partial charge in [0.05, 0.1) is 6.67 Å². The first-order valence-corrected chi connectivity index (χ1v) is 3.04. The van der Waals surface area contributed by atoms with Gasteiger partial charge in [0.1, 0.15) is 0 Å². The number of nitrogens with one attached hydrogen (secondary N) is 1. The SMILES string of the molecule is CCC(=O)N1C=CNC1. The average Bonchev–Trinajstić information content (AvgIpc) is 2.37. The molecule has 3 nitrogen and oxygen atoms in total. The molecule has 1 amide bonds. The highest BCUT2D eigenvalue weighted by molar-refractivity contribution is 5.77. The number of hydrogen-bond acceptors (Lipinski definition) is 2. The fourth-order valence-corrected chi connectivity index (χ4v) is 0.721. The second-order valence-corrected chi connectivity index (χ2v) is 1.90. The topological polar surface area (TPSA) is 32.3 Å². The normalized spacial score (nSPS) is 15.9. The molecule has 0 atom stereocenters. The molecule has 0 radical (unpaired) electrons. The van der Waals surface area contributed by atoms with Gasteiger partial charge < -0.3 is 5.32 Å². The summed E-state index contributed by atoms with van der Waals surface area (Å²) in [6.07, 6.45) is 4.10. The molecule has 0 unspecified atom stereocenters. The van der Waals surface area contributed by atoms with E-state index >= 15 is 0 Å². The second-order valence-electron chi connectivity index (χ2n) is 1.90. The van der Waals surface area contributed by atoms with E-state index in [4.69, 9.17) is 0 Å². The number of rotatable bonds is 1. The number of amides is 1. The van der Waals surface area contributed by atoms with E-state index in [0.717, 1.165) is 0 Å². The minimum absolute atomic E-state index is 0.163. The first kappa shape index (κ1) is 6.13. The summed E-state index contributed by atoms with van der Waals surface area (Å²) >= 11 is 0. The third kappa shape index (κ3) is 1.22. The lowest BCUT2D eigenvalue weighted by Gasteiger charge is -2.09. The number of hydrogen-bond donors (Lipinski definition) is 1. The van der Waals surface area contributed by atoms with Gasteiger partial charge in [0.2, 0.25) is 5.91 Å². The molecule has 0 aromatic heterocycles. The molecule has 9 heavy (non-hydrogen) atoms. The molecule has 0 aromatic rings. The summed E-state index contributed by atoms with van der Waals surface area (Å²) in [6.45, 7) is 2.49. The van der Waals surface area contributed by atoms with E-state index in [1.54, 1.807) is 17.3 Å². The lowest BCUT2D eigenvalue weighted by atomic mass is 10.4. The summed E-state index contributed by atoms with van der Waals surface area (Å²) in [4.78, 5) is 12.5. The van der Waals surface area contributed by atoms with Crippen molar-refractivity contribution in [1.82, 2.24) is 10.2 Å². The molecule has 1 heterocycles. The Hall–Kier alpha value is -0.990. The molecule has 1 N–H and O–H groups in total. The Morgan fingerprint density at radius 2 is 2.67 bits per heavy atom. The number of carbonyl (C=O) groups excluding carboxylic acids is 1. The van der Waals surface area contributed by atoms with Crippen LogP contribution in [0.1, 0.15) is 13.3 Å². The van der Waals surface area contributed by atoms with Crippen molar-refractivity contribution in [3.8, 4) is 0 Å². The third-order valence-corrected chi connectivity index (χ3v) is 1.26. The van der Waals surface area contributed by atoms with Gasteiger partial charge >= 0.3 is 0 Å². The van der Waals surface area contributed by atoms with Crippen LogP contribution in [-0.2, 0) is 4.79 Å². The first-order valence-electron chi connectivity index (χ1n) is 3.04. The van der Waals surface area contributed by atoms with Crippen molar-refractivity contribution in [3.05, 3.63) is 12.4 Å². The summed E-state index contributed by atoms with van der Waals surface area (Å²) in [5.74, 6) is 0.163. The van der Waals surface area contributed by atoms with Crippen LogP contribution in [0.15, 0.2) is 12.4 Å². The van der Waals surface area contributed by atoms with Gasteiger partial charge in [-0.15, -0.1) is 0 Å². The summed E-state index contributed by atoms with van der Waals surface area (Å²) < 4.78 is 0. The summed E-state index contributed by atoms with van der Waals surface area (Å²) in [6, 6.07) is 0. The highest BCUT2D eigenvalue weighted by atomic mass is 16.2. The summed E-state index contributed by atoms with van der Waals surface area (Å²) in [5, 5.41) is 2.91. The summed E-state index contributed by atoms with van der Waals surface area (Å²) in [7, 11) is 0. The molecule has 0 aromatic carbocycles. The van der Waals surface area contributed by atoms with Crippen molar-refractivity contribution in [1.29, 1.82) is 0 Å². The van der Waals surface area contributed by atoms with Gasteiger partial charge in [-0.1, -0.05) is 6.92 Å². The Morgan fingerprint density at radius 1 is 1.89 bits per heavy atom. The average molecular weight is 126 g/mol. The van der Waals surface area contributed by atoms with Gasteiger partial charge in [-0.05, 0) is 0 Å². The molecule has 0 bridgehead atoms. The van der Waals surface area contributed by atoms with E-state index < -0.39 is 0 Å². The molecule has 1 aliphatic rings. The Balaban J connectivity index is 2.43. The monoisotopic (exact) mass is 126 g/mol. The van der Waals surface area contributed by atoms with Crippen LogP contribution in [0.2, 0.25) is 0 Å². The van der Waals surface area contributed by atoms with Gasteiger partial charge in [0.25, 0.3) is 0 Å². The lowest BCUT2D eigenvalue weighted by molar-refractivity contribution is -0.128. The summed E-state index contributed by atoms with van der Waals surface area (Å²) in [5.41, 5.74) is 0. The zero-order valence-corrected chi connectivity index (χ0v) is 5.42. The van der Waals surface area contributed by atoms with E-state index in [9.17, 15) is 4.79 Å². The molecular formula is C6H10N2O. The lowest BCUT2D eigenvalue weighted by Crippen LogP contribution is -2.26. The maximum absolute atomic E-state index is 10.8. The zero-order valence-electron chi connectivity index (χ0n) is 5.42. The van der Waals surface area contributed by atoms with Gasteiger partial charge in [-0.25, -0.2) is 0 Å². The van der Waals surface area contributed by atoms with Crippen molar-refractivity contribution >= 4 is 5.91 Å². The molecular weight excluding hydrogens is 116 g/mol. The number of nitrogens with zero attached hydrogens (tertiary/aromatic N) is 1. The highest BCUT2D eigenvalue weighted by Gasteiger charge is 2.09. The van der Waals surface area contributed by atoms with Gasteiger partial charge in [0, 0.05) is 18.8 Å². The Kier molecular flexibility index (Phi) is 1.72. The van der Waals surface area contributed by atoms with Crippen molar-refractivity contribution in [2.24, 2.45) is 0 Å². The van der Waals surface area contributed by atoms with E-state index in [1.165, 1.54) is 0 Å². The zero-order chi connectivity index (χ0) is 6.69. The van der Waals surface area contributed by atoms with Crippen molar-refractivity contribution in [3.63, 3.8) is 0 Å². The molecule has 0 saturated heterocycles. The highest BCUT2D eigenvalue weighted by Crippen LogP contribution is 1.96. The van der Waals surface area contributed by atoms with Gasteiger partial charge in [-0.3, -0.25) is 9.69 Å². The molecule has 1 rings (SSSR count). The van der Waals surface area contributed by atoms with Crippen LogP contribution in [0.4, 0.5) is 0 Å². The molecule has 3 heteroatoms. The fourth-order valence-electron chi connectivity index (χ4n) is 0.721. The second kappa shape index (κ2) is 2.53. The molecule has 1 aliphatic heterocycles. The van der Waals surface area contributed by atoms with Crippen molar-refractivity contribution in [2.75, 3.05) is 6.67 Å². The first-order chi connectivity index (χ1) is 4.34. The predicted octanol–water partition coefficient (Wildman–Crippen LogP) is 0.257. The Morgan fingerprint density at radius 3 is 3.11 bits per heavy atom. The van der Waals surface area contributed by atoms with Crippen LogP contribution in [-0.4, -0.2) is 17.5 Å².